The van der Waals surface area contributed by atoms with Gasteiger partial charge in [-0.25, -0.2) is 22.5 Å². The average molecular weight is 378 g/mol. The minimum Gasteiger partial charge on any atom is -0.478 e. The molecule has 0 unspecified atom stereocenters. The molecule has 136 valence electrons. The van der Waals surface area contributed by atoms with E-state index in [2.05, 4.69) is 9.71 Å². The Kier molecular flexibility index (Phi) is 5.63. The number of halogens is 4. The van der Waals surface area contributed by atoms with Gasteiger partial charge in [0, 0.05) is 18.3 Å². The molecule has 25 heavy (non-hydrogen) atoms. The molecule has 0 saturated heterocycles. The van der Waals surface area contributed by atoms with Crippen molar-refractivity contribution in [1.82, 2.24) is 9.71 Å². The van der Waals surface area contributed by atoms with Crippen LogP contribution in [0.3, 0.4) is 0 Å². The molecule has 1 aromatic heterocycles. The summed E-state index contributed by atoms with van der Waals surface area (Å²) in [6.45, 7) is 1.79. The monoisotopic (exact) mass is 378 g/mol. The van der Waals surface area contributed by atoms with Crippen LogP contribution in [0, 0.1) is 5.82 Å². The zero-order chi connectivity index (χ0) is 18.7. The lowest BCUT2D eigenvalue weighted by Crippen LogP contribution is -2.24. The normalized spacial score (nSPS) is 12.2. The molecule has 5 nitrogen and oxygen atoms in total. The Morgan fingerprint density at radius 3 is 2.60 bits per heavy atom. The van der Waals surface area contributed by atoms with E-state index in [9.17, 15) is 26.0 Å². The number of nitrogens with one attached hydrogen (secondary N) is 1. The van der Waals surface area contributed by atoms with E-state index in [0.717, 1.165) is 6.07 Å². The molecule has 0 aliphatic rings. The molecule has 0 amide bonds. The molecule has 1 N–H and O–H groups in total. The number of rotatable bonds is 6. The van der Waals surface area contributed by atoms with E-state index in [0.29, 0.717) is 18.2 Å². The molecule has 0 atom stereocenters. The summed E-state index contributed by atoms with van der Waals surface area (Å²) in [7, 11) is -4.29. The van der Waals surface area contributed by atoms with Crippen molar-refractivity contribution in [2.75, 3.05) is 6.61 Å². The third-order valence-electron chi connectivity index (χ3n) is 3.14. The molecule has 10 heteroatoms. The Bertz CT molecular complexity index is 854. The van der Waals surface area contributed by atoms with Gasteiger partial charge in [0.1, 0.15) is 5.82 Å². The van der Waals surface area contributed by atoms with Gasteiger partial charge in [-0.05, 0) is 31.2 Å². The lowest BCUT2D eigenvalue weighted by molar-refractivity contribution is -0.140. The van der Waals surface area contributed by atoms with E-state index in [1.165, 1.54) is 6.20 Å². The number of nitrogens with zero attached hydrogens (tertiary/aromatic N) is 1. The van der Waals surface area contributed by atoms with Crippen molar-refractivity contribution < 1.29 is 30.7 Å². The standard InChI is InChI=1S/C15H14F4N2O3S/c1-2-24-14-10(4-3-7-20-14)9-21-25(22,23)11-5-6-13(16)12(8-11)15(17,18)19/h3-8,21H,2,9H2,1H3. The highest BCUT2D eigenvalue weighted by Crippen LogP contribution is 2.32. The Hall–Kier alpha value is -2.20. The molecule has 2 rings (SSSR count). The van der Waals surface area contributed by atoms with Gasteiger partial charge in [-0.15, -0.1) is 0 Å². The average Bonchev–Trinajstić information content (AvgIpc) is 2.53. The van der Waals surface area contributed by atoms with Gasteiger partial charge in [0.05, 0.1) is 17.1 Å². The number of benzene rings is 1. The Morgan fingerprint density at radius 1 is 1.24 bits per heavy atom. The van der Waals surface area contributed by atoms with Gasteiger partial charge in [-0.2, -0.15) is 13.2 Å². The fraction of sp³-hybridized carbons (Fsp3) is 0.267. The van der Waals surface area contributed by atoms with Crippen LogP contribution >= 0.6 is 0 Å². The zero-order valence-corrected chi connectivity index (χ0v) is 13.8. The smallest absolute Gasteiger partial charge is 0.419 e. The van der Waals surface area contributed by atoms with E-state index in [1.807, 2.05) is 0 Å². The topological polar surface area (TPSA) is 68.3 Å². The molecule has 0 aliphatic heterocycles. The molecular formula is C15H14F4N2O3S. The fourth-order valence-electron chi connectivity index (χ4n) is 1.97. The van der Waals surface area contributed by atoms with Crippen LogP contribution < -0.4 is 9.46 Å². The highest BCUT2D eigenvalue weighted by Gasteiger charge is 2.35. The lowest BCUT2D eigenvalue weighted by atomic mass is 10.2. The summed E-state index contributed by atoms with van der Waals surface area (Å²) in [4.78, 5) is 3.25. The van der Waals surface area contributed by atoms with E-state index < -0.39 is 32.5 Å². The van der Waals surface area contributed by atoms with Crippen molar-refractivity contribution >= 4 is 10.0 Å². The third kappa shape index (κ3) is 4.67. The maximum atomic E-state index is 13.3. The van der Waals surface area contributed by atoms with Crippen LogP contribution in [0.5, 0.6) is 5.88 Å². The summed E-state index contributed by atoms with van der Waals surface area (Å²) in [5.41, 5.74) is -1.24. The number of alkyl halides is 3. The second-order valence-electron chi connectivity index (χ2n) is 4.86. The number of ether oxygens (including phenoxy) is 1. The highest BCUT2D eigenvalue weighted by atomic mass is 32.2. The summed E-state index contributed by atoms with van der Waals surface area (Å²) < 4.78 is 83.3. The predicted octanol–water partition coefficient (Wildman–Crippen LogP) is 3.12. The van der Waals surface area contributed by atoms with Gasteiger partial charge in [-0.1, -0.05) is 6.07 Å². The molecule has 0 spiro atoms. The van der Waals surface area contributed by atoms with Gasteiger partial charge in [0.15, 0.2) is 0 Å². The van der Waals surface area contributed by atoms with Crippen molar-refractivity contribution in [2.24, 2.45) is 0 Å². The van der Waals surface area contributed by atoms with Gasteiger partial charge < -0.3 is 4.74 Å². The number of hydrogen-bond acceptors (Lipinski definition) is 4. The quantitative estimate of drug-likeness (QED) is 0.785. The van der Waals surface area contributed by atoms with Crippen LogP contribution in [-0.4, -0.2) is 20.0 Å². The van der Waals surface area contributed by atoms with E-state index in [4.69, 9.17) is 4.74 Å². The van der Waals surface area contributed by atoms with Crippen molar-refractivity contribution in [2.45, 2.75) is 24.5 Å². The number of sulfonamides is 1. The van der Waals surface area contributed by atoms with Gasteiger partial charge in [0.25, 0.3) is 0 Å². The second-order valence-corrected chi connectivity index (χ2v) is 6.63. The van der Waals surface area contributed by atoms with Crippen LogP contribution in [0.1, 0.15) is 18.1 Å². The SMILES string of the molecule is CCOc1ncccc1CNS(=O)(=O)c1ccc(F)c(C(F)(F)F)c1. The van der Waals surface area contributed by atoms with Crippen molar-refractivity contribution in [3.8, 4) is 5.88 Å². The Labute approximate surface area is 141 Å². The van der Waals surface area contributed by atoms with E-state index >= 15 is 0 Å². The van der Waals surface area contributed by atoms with Crippen LogP contribution in [-0.2, 0) is 22.7 Å². The Morgan fingerprint density at radius 2 is 1.96 bits per heavy atom. The fourth-order valence-corrected chi connectivity index (χ4v) is 3.00. The number of aromatic nitrogens is 1. The van der Waals surface area contributed by atoms with Crippen molar-refractivity contribution in [1.29, 1.82) is 0 Å². The largest absolute Gasteiger partial charge is 0.478 e. The maximum Gasteiger partial charge on any atom is 0.419 e. The molecule has 1 aromatic carbocycles. The van der Waals surface area contributed by atoms with E-state index in [1.54, 1.807) is 19.1 Å². The van der Waals surface area contributed by atoms with Crippen LogP contribution in [0.2, 0.25) is 0 Å². The zero-order valence-electron chi connectivity index (χ0n) is 13.0. The number of hydrogen-bond donors (Lipinski definition) is 1. The van der Waals surface area contributed by atoms with Crippen LogP contribution in [0.15, 0.2) is 41.4 Å². The molecule has 0 fully saturated rings. The number of pyridine rings is 1. The summed E-state index contributed by atoms with van der Waals surface area (Å²) in [5.74, 6) is -1.33. The highest BCUT2D eigenvalue weighted by molar-refractivity contribution is 7.89. The van der Waals surface area contributed by atoms with Crippen molar-refractivity contribution in [3.05, 3.63) is 53.5 Å². The Balaban J connectivity index is 2.26. The van der Waals surface area contributed by atoms with Crippen molar-refractivity contribution in [3.63, 3.8) is 0 Å². The molecule has 0 aliphatic carbocycles. The van der Waals surface area contributed by atoms with Crippen LogP contribution in [0.4, 0.5) is 17.6 Å². The van der Waals surface area contributed by atoms with Gasteiger partial charge >= 0.3 is 6.18 Å². The van der Waals surface area contributed by atoms with Gasteiger partial charge in [-0.3, -0.25) is 0 Å². The lowest BCUT2D eigenvalue weighted by Gasteiger charge is -2.12. The molecule has 0 radical (unpaired) electrons. The first-order chi connectivity index (χ1) is 11.6. The molecular weight excluding hydrogens is 364 g/mol. The first-order valence-electron chi connectivity index (χ1n) is 7.08. The molecule has 1 heterocycles. The predicted molar refractivity (Wildman–Crippen MR) is 80.8 cm³/mol. The van der Waals surface area contributed by atoms with E-state index in [-0.39, 0.29) is 18.5 Å². The summed E-state index contributed by atoms with van der Waals surface area (Å²) in [5, 5.41) is 0. The van der Waals surface area contributed by atoms with Gasteiger partial charge in [0.2, 0.25) is 15.9 Å². The third-order valence-corrected chi connectivity index (χ3v) is 4.54. The molecule has 0 bridgehead atoms. The van der Waals surface area contributed by atoms with Crippen LogP contribution in [0.25, 0.3) is 0 Å². The first-order valence-corrected chi connectivity index (χ1v) is 8.56. The summed E-state index contributed by atoms with van der Waals surface area (Å²) >= 11 is 0. The summed E-state index contributed by atoms with van der Waals surface area (Å²) in [6, 6.07) is 4.61. The second kappa shape index (κ2) is 7.36. The minimum atomic E-state index is -5.00. The minimum absolute atomic E-state index is 0.211. The maximum absolute atomic E-state index is 13.3. The molecule has 2 aromatic rings. The molecule has 0 saturated carbocycles. The first kappa shape index (κ1) is 19.1. The summed E-state index contributed by atoms with van der Waals surface area (Å²) in [6.07, 6.45) is -3.54.